The van der Waals surface area contributed by atoms with E-state index >= 15 is 0 Å². The van der Waals surface area contributed by atoms with Crippen molar-refractivity contribution in [1.29, 1.82) is 0 Å². The zero-order valence-electron chi connectivity index (χ0n) is 17.0. The van der Waals surface area contributed by atoms with Crippen LogP contribution in [0.2, 0.25) is 13.1 Å². The number of rotatable bonds is 3. The third-order valence-electron chi connectivity index (χ3n) is 4.86. The van der Waals surface area contributed by atoms with E-state index in [1.165, 1.54) is 5.19 Å². The van der Waals surface area contributed by atoms with Crippen molar-refractivity contribution in [3.8, 4) is 11.8 Å². The molecule has 0 unspecified atom stereocenters. The quantitative estimate of drug-likeness (QED) is 0.363. The minimum absolute atomic E-state index is 0. The van der Waals surface area contributed by atoms with Gasteiger partial charge in [0.1, 0.15) is 0 Å². The molecule has 3 heteroatoms. The Morgan fingerprint density at radius 2 is 1.56 bits per heavy atom. The molecule has 138 valence electrons. The predicted octanol–water partition coefficient (Wildman–Crippen LogP) is 5.38. The Morgan fingerprint density at radius 3 is 2.07 bits per heavy atom. The van der Waals surface area contributed by atoms with Gasteiger partial charge in [-0.3, -0.25) is 0 Å². The molecule has 0 radical (unpaired) electrons. The van der Waals surface area contributed by atoms with Crippen LogP contribution in [0.3, 0.4) is 0 Å². The predicted molar refractivity (Wildman–Crippen MR) is 114 cm³/mol. The van der Waals surface area contributed by atoms with Gasteiger partial charge in [0.25, 0.3) is 0 Å². The van der Waals surface area contributed by atoms with Crippen LogP contribution in [-0.4, -0.2) is 13.9 Å². The Bertz CT molecular complexity index is 733. The molecule has 3 rings (SSSR count). The maximum absolute atomic E-state index is 6.81. The summed E-state index contributed by atoms with van der Waals surface area (Å²) in [7, 11) is -2.04. The van der Waals surface area contributed by atoms with Crippen molar-refractivity contribution in [1.82, 2.24) is 0 Å². The van der Waals surface area contributed by atoms with Gasteiger partial charge in [-0.2, -0.15) is 6.92 Å². The van der Waals surface area contributed by atoms with Crippen LogP contribution in [0.15, 0.2) is 60.7 Å². The van der Waals surface area contributed by atoms with Crippen molar-refractivity contribution in [3.63, 3.8) is 0 Å². The Balaban J connectivity index is 0.00000118. The minimum Gasteiger partial charge on any atom is -0.399 e. The van der Waals surface area contributed by atoms with Crippen molar-refractivity contribution in [3.05, 3.63) is 80.1 Å². The molecule has 27 heavy (non-hydrogen) atoms. The summed E-state index contributed by atoms with van der Waals surface area (Å²) in [6, 6.07) is 20.8. The molecule has 0 saturated heterocycles. The van der Waals surface area contributed by atoms with Gasteiger partial charge >= 0.3 is 19.5 Å². The SMILES string of the molecule is [CH2-]C.[CH2-][C@@H]1CCC[C@@]1(C#Cc1ccccc1)O[Si](C)(C)c1ccccc1.[Zn+2]. The van der Waals surface area contributed by atoms with Crippen LogP contribution in [0, 0.1) is 31.6 Å². The van der Waals surface area contributed by atoms with Gasteiger partial charge in [-0.15, -0.1) is 5.92 Å². The first-order valence-electron chi connectivity index (χ1n) is 9.40. The average Bonchev–Trinajstić information content (AvgIpc) is 3.03. The summed E-state index contributed by atoms with van der Waals surface area (Å²) in [6.07, 6.45) is 3.20. The summed E-state index contributed by atoms with van der Waals surface area (Å²) in [5.41, 5.74) is 0.625. The standard InChI is InChI=1S/C22H25OSi.C2H5.Zn/c1-19-11-10-17-22(19,18-16-20-12-6-4-7-13-20)23-24(2,3)21-14-8-5-9-15-21;1-2;/h4-9,12-15,19H,1,10-11,17H2,2-3H3;1H2,2H3;/q2*-1;+2/t19-,22+;;/m1../s1. The topological polar surface area (TPSA) is 9.23 Å². The van der Waals surface area contributed by atoms with Gasteiger partial charge in [0.2, 0.25) is 8.32 Å². The fourth-order valence-electron chi connectivity index (χ4n) is 3.43. The second-order valence-electron chi connectivity index (χ2n) is 7.07. The summed E-state index contributed by atoms with van der Waals surface area (Å²) in [6.45, 7) is 13.9. The molecule has 0 spiro atoms. The molecule has 0 heterocycles. The number of benzene rings is 2. The monoisotopic (exact) mass is 426 g/mol. The zero-order chi connectivity index (χ0) is 19.0. The fourth-order valence-corrected chi connectivity index (χ4v) is 5.77. The van der Waals surface area contributed by atoms with Crippen molar-refractivity contribution in [2.75, 3.05) is 0 Å². The summed E-state index contributed by atoms with van der Waals surface area (Å²) in [5.74, 6) is 7.05. The molecule has 1 saturated carbocycles. The second-order valence-corrected chi connectivity index (χ2v) is 10.9. The Hall–Kier alpha value is -1.20. The number of hydrogen-bond acceptors (Lipinski definition) is 1. The molecule has 0 aliphatic heterocycles. The largest absolute Gasteiger partial charge is 2.00 e. The first-order valence-corrected chi connectivity index (χ1v) is 12.3. The normalized spacial score (nSPS) is 21.1. The van der Waals surface area contributed by atoms with E-state index in [4.69, 9.17) is 4.43 Å². The maximum atomic E-state index is 6.81. The van der Waals surface area contributed by atoms with Gasteiger partial charge in [-0.1, -0.05) is 73.2 Å². The van der Waals surface area contributed by atoms with Crippen LogP contribution in [-0.2, 0) is 23.9 Å². The van der Waals surface area contributed by atoms with E-state index in [0.29, 0.717) is 0 Å². The van der Waals surface area contributed by atoms with Crippen molar-refractivity contribution in [2.45, 2.75) is 44.9 Å². The van der Waals surface area contributed by atoms with Crippen LogP contribution >= 0.6 is 0 Å². The Labute approximate surface area is 179 Å². The molecule has 1 aliphatic carbocycles. The summed E-state index contributed by atoms with van der Waals surface area (Å²) in [4.78, 5) is 0. The number of hydrogen-bond donors (Lipinski definition) is 0. The molecule has 2 aromatic rings. The van der Waals surface area contributed by atoms with Crippen LogP contribution in [0.4, 0.5) is 0 Å². The minimum atomic E-state index is -2.04. The Kier molecular flexibility index (Phi) is 9.68. The van der Waals surface area contributed by atoms with Gasteiger partial charge in [-0.05, 0) is 36.8 Å². The molecule has 1 fully saturated rings. The van der Waals surface area contributed by atoms with Crippen molar-refractivity contribution in [2.24, 2.45) is 5.92 Å². The summed E-state index contributed by atoms with van der Waals surface area (Å²) in [5, 5.41) is 1.31. The van der Waals surface area contributed by atoms with Gasteiger partial charge in [0, 0.05) is 5.56 Å². The molecule has 2 aromatic carbocycles. The van der Waals surface area contributed by atoms with Gasteiger partial charge < -0.3 is 18.3 Å². The van der Waals surface area contributed by atoms with Crippen molar-refractivity contribution < 1.29 is 23.9 Å². The molecule has 2 atom stereocenters. The molecule has 0 aromatic heterocycles. The average molecular weight is 428 g/mol. The van der Waals surface area contributed by atoms with Crippen LogP contribution in [0.1, 0.15) is 31.7 Å². The molecule has 0 N–H and O–H groups in total. The van der Waals surface area contributed by atoms with E-state index in [2.05, 4.69) is 69.1 Å². The van der Waals surface area contributed by atoms with E-state index in [0.717, 1.165) is 24.8 Å². The molecule has 0 bridgehead atoms. The first kappa shape index (κ1) is 23.8. The van der Waals surface area contributed by atoms with Crippen LogP contribution in [0.5, 0.6) is 0 Å². The van der Waals surface area contributed by atoms with Gasteiger partial charge in [0.15, 0.2) is 0 Å². The molecule has 0 amide bonds. The van der Waals surface area contributed by atoms with Gasteiger partial charge in [-0.25, -0.2) is 0 Å². The first-order chi connectivity index (χ1) is 12.5. The molecular weight excluding hydrogens is 398 g/mol. The van der Waals surface area contributed by atoms with E-state index in [9.17, 15) is 0 Å². The summed E-state index contributed by atoms with van der Waals surface area (Å²) >= 11 is 0. The smallest absolute Gasteiger partial charge is 0.399 e. The maximum Gasteiger partial charge on any atom is 2.00 e. The van der Waals surface area contributed by atoms with E-state index in [-0.39, 0.29) is 25.4 Å². The fraction of sp³-hybridized carbons (Fsp3) is 0.333. The third-order valence-corrected chi connectivity index (χ3v) is 7.46. The molecular formula is C24H30OSiZn. The Morgan fingerprint density at radius 1 is 1.00 bits per heavy atom. The molecule has 1 nitrogen and oxygen atoms in total. The molecule has 1 aliphatic rings. The van der Waals surface area contributed by atoms with Crippen LogP contribution < -0.4 is 5.19 Å². The third kappa shape index (κ3) is 6.15. The van der Waals surface area contributed by atoms with E-state index in [1.54, 1.807) is 6.92 Å². The van der Waals surface area contributed by atoms with E-state index in [1.807, 2.05) is 30.3 Å². The van der Waals surface area contributed by atoms with Gasteiger partial charge in [0.05, 0.1) is 5.60 Å². The zero-order valence-corrected chi connectivity index (χ0v) is 21.0. The van der Waals surface area contributed by atoms with Crippen LogP contribution in [0.25, 0.3) is 0 Å². The van der Waals surface area contributed by atoms with Crippen molar-refractivity contribution >= 4 is 13.5 Å². The van der Waals surface area contributed by atoms with E-state index < -0.39 is 13.9 Å². The second kappa shape index (κ2) is 11.0. The summed E-state index contributed by atoms with van der Waals surface area (Å²) < 4.78 is 6.81.